The lowest BCUT2D eigenvalue weighted by molar-refractivity contribution is 0.541. The van der Waals surface area contributed by atoms with Crippen LogP contribution in [0.1, 0.15) is 42.9 Å². The van der Waals surface area contributed by atoms with Crippen molar-refractivity contribution in [1.29, 1.82) is 0 Å². The molecule has 0 radical (unpaired) electrons. The van der Waals surface area contributed by atoms with Crippen LogP contribution in [0.5, 0.6) is 0 Å². The molecule has 0 amide bonds. The molecule has 1 aromatic carbocycles. The van der Waals surface area contributed by atoms with E-state index < -0.39 is 10.0 Å². The number of rotatable bonds is 3. The van der Waals surface area contributed by atoms with Gasteiger partial charge in [-0.15, -0.1) is 11.6 Å². The van der Waals surface area contributed by atoms with Crippen molar-refractivity contribution in [3.8, 4) is 0 Å². The topological polar surface area (TPSA) is 46.2 Å². The normalized spacial score (nSPS) is 27.6. The molecule has 0 heterocycles. The maximum absolute atomic E-state index is 12.4. The molecule has 0 bridgehead atoms. The Kier molecular flexibility index (Phi) is 3.58. The number of hydrogen-bond acceptors (Lipinski definition) is 2. The summed E-state index contributed by atoms with van der Waals surface area (Å²) in [6, 6.07) is 7.62. The zero-order valence-electron chi connectivity index (χ0n) is 10.7. The van der Waals surface area contributed by atoms with E-state index in [0.29, 0.717) is 0 Å². The van der Waals surface area contributed by atoms with E-state index in [9.17, 15) is 8.42 Å². The Bertz CT molecular complexity index is 567. The number of halogens is 1. The van der Waals surface area contributed by atoms with Gasteiger partial charge in [-0.2, -0.15) is 0 Å². The van der Waals surface area contributed by atoms with Crippen molar-refractivity contribution in [2.24, 2.45) is 0 Å². The van der Waals surface area contributed by atoms with E-state index in [1.54, 1.807) is 0 Å². The summed E-state index contributed by atoms with van der Waals surface area (Å²) in [5.74, 6) is 0. The van der Waals surface area contributed by atoms with E-state index in [-0.39, 0.29) is 16.7 Å². The van der Waals surface area contributed by atoms with Crippen LogP contribution >= 0.6 is 11.6 Å². The van der Waals surface area contributed by atoms with Crippen molar-refractivity contribution in [2.75, 3.05) is 0 Å². The van der Waals surface area contributed by atoms with Crippen molar-refractivity contribution in [3.05, 3.63) is 35.4 Å². The SMILES string of the molecule is O=S(=O)(NC1c2ccccc2CC1Cl)C1CCCC1. The van der Waals surface area contributed by atoms with Gasteiger partial charge in [0, 0.05) is 0 Å². The first kappa shape index (κ1) is 13.4. The minimum atomic E-state index is -3.25. The average Bonchev–Trinajstić information content (AvgIpc) is 2.99. The molecule has 0 aromatic heterocycles. The highest BCUT2D eigenvalue weighted by Crippen LogP contribution is 2.36. The quantitative estimate of drug-likeness (QED) is 0.872. The molecule has 2 aliphatic rings. The number of hydrogen-bond donors (Lipinski definition) is 1. The summed E-state index contributed by atoms with van der Waals surface area (Å²) in [6.07, 6.45) is 4.30. The van der Waals surface area contributed by atoms with Crippen LogP contribution in [0.4, 0.5) is 0 Å². The summed E-state index contributed by atoms with van der Waals surface area (Å²) in [4.78, 5) is 0. The number of nitrogens with one attached hydrogen (secondary N) is 1. The second-order valence-corrected chi connectivity index (χ2v) is 8.02. The van der Waals surface area contributed by atoms with Crippen LogP contribution < -0.4 is 4.72 Å². The molecule has 1 N–H and O–H groups in total. The summed E-state index contributed by atoms with van der Waals surface area (Å²) < 4.78 is 27.6. The summed E-state index contributed by atoms with van der Waals surface area (Å²) in [5.41, 5.74) is 2.19. The van der Waals surface area contributed by atoms with Gasteiger partial charge < -0.3 is 0 Å². The van der Waals surface area contributed by atoms with Crippen molar-refractivity contribution in [2.45, 2.75) is 48.8 Å². The third-order valence-corrected chi connectivity index (χ3v) is 6.54. The number of alkyl halides is 1. The highest BCUT2D eigenvalue weighted by Gasteiger charge is 2.37. The van der Waals surface area contributed by atoms with E-state index in [4.69, 9.17) is 11.6 Å². The second-order valence-electron chi connectivity index (χ2n) is 5.47. The van der Waals surface area contributed by atoms with Gasteiger partial charge in [-0.25, -0.2) is 13.1 Å². The Morgan fingerprint density at radius 1 is 1.16 bits per heavy atom. The molecule has 2 aliphatic carbocycles. The zero-order valence-corrected chi connectivity index (χ0v) is 12.3. The van der Waals surface area contributed by atoms with Crippen LogP contribution in [0.2, 0.25) is 0 Å². The van der Waals surface area contributed by atoms with Crippen LogP contribution in [0.25, 0.3) is 0 Å². The zero-order chi connectivity index (χ0) is 13.5. The Labute approximate surface area is 119 Å². The Hall–Kier alpha value is -0.580. The summed E-state index contributed by atoms with van der Waals surface area (Å²) in [6.45, 7) is 0. The maximum Gasteiger partial charge on any atom is 0.215 e. The first-order valence-corrected chi connectivity index (χ1v) is 8.79. The molecule has 19 heavy (non-hydrogen) atoms. The fraction of sp³-hybridized carbons (Fsp3) is 0.571. The first-order valence-electron chi connectivity index (χ1n) is 6.81. The number of benzene rings is 1. The van der Waals surface area contributed by atoms with Crippen LogP contribution in [-0.2, 0) is 16.4 Å². The lowest BCUT2D eigenvalue weighted by Gasteiger charge is -2.20. The molecular weight excluding hydrogens is 282 g/mol. The Morgan fingerprint density at radius 3 is 2.58 bits per heavy atom. The van der Waals surface area contributed by atoms with Gasteiger partial charge in [0.1, 0.15) is 0 Å². The molecule has 2 atom stereocenters. The smallest absolute Gasteiger partial charge is 0.212 e. The minimum Gasteiger partial charge on any atom is -0.212 e. The lowest BCUT2D eigenvalue weighted by atomic mass is 10.1. The molecule has 5 heteroatoms. The molecule has 0 spiro atoms. The van der Waals surface area contributed by atoms with E-state index in [1.807, 2.05) is 24.3 Å². The van der Waals surface area contributed by atoms with Gasteiger partial charge >= 0.3 is 0 Å². The molecule has 1 fully saturated rings. The van der Waals surface area contributed by atoms with Crippen LogP contribution in [0, 0.1) is 0 Å². The van der Waals surface area contributed by atoms with Gasteiger partial charge in [0.15, 0.2) is 0 Å². The molecule has 3 rings (SSSR count). The predicted molar refractivity (Wildman–Crippen MR) is 76.8 cm³/mol. The summed E-state index contributed by atoms with van der Waals surface area (Å²) in [7, 11) is -3.25. The van der Waals surface area contributed by atoms with Crippen molar-refractivity contribution < 1.29 is 8.42 Å². The number of sulfonamides is 1. The van der Waals surface area contributed by atoms with Crippen LogP contribution in [0.3, 0.4) is 0 Å². The second kappa shape index (κ2) is 5.08. The summed E-state index contributed by atoms with van der Waals surface area (Å²) >= 11 is 6.33. The van der Waals surface area contributed by atoms with E-state index in [1.165, 1.54) is 0 Å². The maximum atomic E-state index is 12.4. The Balaban J connectivity index is 1.83. The molecule has 1 saturated carbocycles. The summed E-state index contributed by atoms with van der Waals surface area (Å²) in [5, 5.41) is -0.419. The van der Waals surface area contributed by atoms with Gasteiger partial charge in [-0.1, -0.05) is 37.1 Å². The van der Waals surface area contributed by atoms with Crippen molar-refractivity contribution in [1.82, 2.24) is 4.72 Å². The Morgan fingerprint density at radius 2 is 1.84 bits per heavy atom. The monoisotopic (exact) mass is 299 g/mol. The molecule has 0 aliphatic heterocycles. The standard InChI is InChI=1S/C14H18ClNO2S/c15-13-9-10-5-1-4-8-12(10)14(13)16-19(17,18)11-6-2-3-7-11/h1,4-5,8,11,13-14,16H,2-3,6-7,9H2. The lowest BCUT2D eigenvalue weighted by Crippen LogP contribution is -2.37. The number of fused-ring (bicyclic) bond motifs is 1. The molecular formula is C14H18ClNO2S. The minimum absolute atomic E-state index is 0.187. The van der Waals surface area contributed by atoms with E-state index in [0.717, 1.165) is 43.2 Å². The van der Waals surface area contributed by atoms with Crippen molar-refractivity contribution >= 4 is 21.6 Å². The average molecular weight is 300 g/mol. The molecule has 0 saturated heterocycles. The fourth-order valence-electron chi connectivity index (χ4n) is 3.16. The molecule has 3 nitrogen and oxygen atoms in total. The third-order valence-electron chi connectivity index (χ3n) is 4.20. The molecule has 104 valence electrons. The highest BCUT2D eigenvalue weighted by atomic mass is 35.5. The van der Waals surface area contributed by atoms with Crippen molar-refractivity contribution in [3.63, 3.8) is 0 Å². The largest absolute Gasteiger partial charge is 0.215 e. The van der Waals surface area contributed by atoms with E-state index in [2.05, 4.69) is 4.72 Å². The first-order chi connectivity index (χ1) is 9.08. The predicted octanol–water partition coefficient (Wildman–Crippen LogP) is 2.75. The van der Waals surface area contributed by atoms with Gasteiger partial charge in [-0.05, 0) is 30.4 Å². The highest BCUT2D eigenvalue weighted by molar-refractivity contribution is 7.90. The third kappa shape index (κ3) is 2.54. The molecule has 1 aromatic rings. The molecule has 2 unspecified atom stereocenters. The van der Waals surface area contributed by atoms with Gasteiger partial charge in [0.2, 0.25) is 10.0 Å². The fourth-order valence-corrected chi connectivity index (χ4v) is 5.39. The van der Waals surface area contributed by atoms with Gasteiger partial charge in [0.05, 0.1) is 16.7 Å². The van der Waals surface area contributed by atoms with Crippen LogP contribution in [-0.4, -0.2) is 19.0 Å². The van der Waals surface area contributed by atoms with Crippen LogP contribution in [0.15, 0.2) is 24.3 Å². The van der Waals surface area contributed by atoms with E-state index >= 15 is 0 Å². The van der Waals surface area contributed by atoms with Gasteiger partial charge in [0.25, 0.3) is 0 Å². The van der Waals surface area contributed by atoms with Gasteiger partial charge in [-0.3, -0.25) is 0 Å².